The summed E-state index contributed by atoms with van der Waals surface area (Å²) in [6.07, 6.45) is 3.39. The Morgan fingerprint density at radius 1 is 1.35 bits per heavy atom. The Morgan fingerprint density at radius 3 is 2.80 bits per heavy atom. The Balaban J connectivity index is 1.70. The van der Waals surface area contributed by atoms with Crippen LogP contribution >= 0.6 is 0 Å². The van der Waals surface area contributed by atoms with Crippen LogP contribution in [0.3, 0.4) is 0 Å². The molecular formula is C15H19N3O2. The Labute approximate surface area is 118 Å². The number of carbonyl (C=O) groups is 2. The Bertz CT molecular complexity index is 531. The first-order valence-corrected chi connectivity index (χ1v) is 7.06. The summed E-state index contributed by atoms with van der Waals surface area (Å²) in [6, 6.07) is 5.75. The highest BCUT2D eigenvalue weighted by Crippen LogP contribution is 2.41. The maximum absolute atomic E-state index is 12.7. The number of aromatic nitrogens is 1. The standard InChI is InChI=1S/C15H19N3O2/c1-12(19)18-9-6-15(11-18)5-8-17(14(15)20)10-13-4-2-3-7-16-13/h2-4,7H,5-6,8-11H2,1H3. The van der Waals surface area contributed by atoms with E-state index in [9.17, 15) is 9.59 Å². The van der Waals surface area contributed by atoms with E-state index < -0.39 is 0 Å². The molecule has 2 aliphatic heterocycles. The summed E-state index contributed by atoms with van der Waals surface area (Å²) in [5.41, 5.74) is 0.583. The summed E-state index contributed by atoms with van der Waals surface area (Å²) >= 11 is 0. The van der Waals surface area contributed by atoms with Crippen molar-refractivity contribution in [2.75, 3.05) is 19.6 Å². The van der Waals surface area contributed by atoms with Crippen molar-refractivity contribution >= 4 is 11.8 Å². The van der Waals surface area contributed by atoms with E-state index in [1.807, 2.05) is 23.1 Å². The minimum Gasteiger partial charge on any atom is -0.342 e. The molecule has 0 aliphatic carbocycles. The molecule has 0 saturated carbocycles. The number of hydrogen-bond acceptors (Lipinski definition) is 3. The fraction of sp³-hybridized carbons (Fsp3) is 0.533. The maximum Gasteiger partial charge on any atom is 0.231 e. The van der Waals surface area contributed by atoms with Crippen molar-refractivity contribution in [1.82, 2.24) is 14.8 Å². The zero-order valence-electron chi connectivity index (χ0n) is 11.7. The van der Waals surface area contributed by atoms with Crippen LogP contribution in [0.5, 0.6) is 0 Å². The number of pyridine rings is 1. The summed E-state index contributed by atoms with van der Waals surface area (Å²) in [5, 5.41) is 0. The van der Waals surface area contributed by atoms with Gasteiger partial charge in [-0.05, 0) is 25.0 Å². The molecule has 2 aliphatic rings. The van der Waals surface area contributed by atoms with E-state index >= 15 is 0 Å². The number of rotatable bonds is 2. The fourth-order valence-electron chi connectivity index (χ4n) is 3.25. The molecule has 0 bridgehead atoms. The highest BCUT2D eigenvalue weighted by molar-refractivity contribution is 5.86. The van der Waals surface area contributed by atoms with Gasteiger partial charge in [-0.1, -0.05) is 6.07 Å². The monoisotopic (exact) mass is 273 g/mol. The van der Waals surface area contributed by atoms with Gasteiger partial charge in [-0.3, -0.25) is 14.6 Å². The molecular weight excluding hydrogens is 254 g/mol. The van der Waals surface area contributed by atoms with E-state index in [4.69, 9.17) is 0 Å². The molecule has 0 aromatic carbocycles. The largest absolute Gasteiger partial charge is 0.342 e. The van der Waals surface area contributed by atoms with Crippen LogP contribution in [0.1, 0.15) is 25.5 Å². The first kappa shape index (κ1) is 13.1. The molecule has 3 rings (SSSR count). The SMILES string of the molecule is CC(=O)N1CCC2(CCN(Cc3ccccn3)C2=O)C1. The Hall–Kier alpha value is -1.91. The Kier molecular flexibility index (Phi) is 3.20. The fourth-order valence-corrected chi connectivity index (χ4v) is 3.25. The maximum atomic E-state index is 12.7. The molecule has 1 unspecified atom stereocenters. The van der Waals surface area contributed by atoms with Gasteiger partial charge in [0, 0.05) is 32.8 Å². The lowest BCUT2D eigenvalue weighted by atomic mass is 9.85. The van der Waals surface area contributed by atoms with E-state index in [2.05, 4.69) is 4.98 Å². The topological polar surface area (TPSA) is 53.5 Å². The number of carbonyl (C=O) groups excluding carboxylic acids is 2. The zero-order valence-corrected chi connectivity index (χ0v) is 11.7. The molecule has 3 heterocycles. The second-order valence-electron chi connectivity index (χ2n) is 5.77. The van der Waals surface area contributed by atoms with Crippen LogP contribution in [-0.2, 0) is 16.1 Å². The number of likely N-dealkylation sites (tertiary alicyclic amines) is 2. The van der Waals surface area contributed by atoms with E-state index in [1.54, 1.807) is 18.0 Å². The van der Waals surface area contributed by atoms with Crippen LogP contribution in [0.2, 0.25) is 0 Å². The van der Waals surface area contributed by atoms with Crippen molar-refractivity contribution in [3.8, 4) is 0 Å². The third-order valence-electron chi connectivity index (χ3n) is 4.48. The first-order chi connectivity index (χ1) is 9.61. The van der Waals surface area contributed by atoms with Gasteiger partial charge in [-0.15, -0.1) is 0 Å². The summed E-state index contributed by atoms with van der Waals surface area (Å²) in [4.78, 5) is 32.1. The van der Waals surface area contributed by atoms with Crippen molar-refractivity contribution < 1.29 is 9.59 Å². The van der Waals surface area contributed by atoms with Crippen molar-refractivity contribution in [2.45, 2.75) is 26.3 Å². The molecule has 2 amide bonds. The molecule has 1 spiro atoms. The molecule has 2 fully saturated rings. The molecule has 5 nitrogen and oxygen atoms in total. The average molecular weight is 273 g/mol. The van der Waals surface area contributed by atoms with Gasteiger partial charge in [-0.25, -0.2) is 0 Å². The summed E-state index contributed by atoms with van der Waals surface area (Å²) in [7, 11) is 0. The second-order valence-corrected chi connectivity index (χ2v) is 5.77. The zero-order chi connectivity index (χ0) is 14.2. The van der Waals surface area contributed by atoms with Crippen molar-refractivity contribution in [3.63, 3.8) is 0 Å². The van der Waals surface area contributed by atoms with Gasteiger partial charge in [0.05, 0.1) is 17.7 Å². The highest BCUT2D eigenvalue weighted by atomic mass is 16.2. The van der Waals surface area contributed by atoms with E-state index in [-0.39, 0.29) is 17.2 Å². The highest BCUT2D eigenvalue weighted by Gasteiger charge is 2.51. The lowest BCUT2D eigenvalue weighted by molar-refractivity contribution is -0.136. The third-order valence-corrected chi connectivity index (χ3v) is 4.48. The first-order valence-electron chi connectivity index (χ1n) is 7.06. The molecule has 1 aromatic rings. The van der Waals surface area contributed by atoms with Gasteiger partial charge in [0.25, 0.3) is 0 Å². The van der Waals surface area contributed by atoms with Crippen molar-refractivity contribution in [3.05, 3.63) is 30.1 Å². The lowest BCUT2D eigenvalue weighted by Gasteiger charge is -2.23. The smallest absolute Gasteiger partial charge is 0.231 e. The van der Waals surface area contributed by atoms with Crippen molar-refractivity contribution in [1.29, 1.82) is 0 Å². The second kappa shape index (κ2) is 4.89. The third kappa shape index (κ3) is 2.17. The summed E-state index contributed by atoms with van der Waals surface area (Å²) in [5.74, 6) is 0.254. The van der Waals surface area contributed by atoms with Gasteiger partial charge < -0.3 is 9.80 Å². The normalized spacial score (nSPS) is 25.8. The van der Waals surface area contributed by atoms with Crippen LogP contribution < -0.4 is 0 Å². The van der Waals surface area contributed by atoms with E-state index in [1.165, 1.54) is 0 Å². The van der Waals surface area contributed by atoms with Gasteiger partial charge in [0.1, 0.15) is 0 Å². The molecule has 106 valence electrons. The number of amides is 2. The number of nitrogens with zero attached hydrogens (tertiary/aromatic N) is 3. The van der Waals surface area contributed by atoms with Gasteiger partial charge in [0.15, 0.2) is 0 Å². The number of hydrogen-bond donors (Lipinski definition) is 0. The predicted molar refractivity (Wildman–Crippen MR) is 73.6 cm³/mol. The molecule has 5 heteroatoms. The van der Waals surface area contributed by atoms with E-state index in [0.29, 0.717) is 19.6 Å². The van der Waals surface area contributed by atoms with Gasteiger partial charge >= 0.3 is 0 Å². The minimum atomic E-state index is -0.333. The van der Waals surface area contributed by atoms with Crippen LogP contribution in [0.15, 0.2) is 24.4 Å². The molecule has 2 saturated heterocycles. The van der Waals surface area contributed by atoms with Crippen LogP contribution in [0.4, 0.5) is 0 Å². The van der Waals surface area contributed by atoms with Crippen molar-refractivity contribution in [2.24, 2.45) is 5.41 Å². The van der Waals surface area contributed by atoms with Crippen LogP contribution in [-0.4, -0.2) is 46.2 Å². The Morgan fingerprint density at radius 2 is 2.15 bits per heavy atom. The lowest BCUT2D eigenvalue weighted by Crippen LogP contribution is -2.37. The quantitative estimate of drug-likeness (QED) is 0.809. The minimum absolute atomic E-state index is 0.0675. The van der Waals surface area contributed by atoms with Crippen LogP contribution in [0, 0.1) is 5.41 Å². The molecule has 20 heavy (non-hydrogen) atoms. The molecule has 1 atom stereocenters. The average Bonchev–Trinajstić information content (AvgIpc) is 3.01. The van der Waals surface area contributed by atoms with Gasteiger partial charge in [-0.2, -0.15) is 0 Å². The van der Waals surface area contributed by atoms with E-state index in [0.717, 1.165) is 25.1 Å². The summed E-state index contributed by atoms with van der Waals surface area (Å²) < 4.78 is 0. The van der Waals surface area contributed by atoms with Crippen LogP contribution in [0.25, 0.3) is 0 Å². The molecule has 0 radical (unpaired) electrons. The summed E-state index contributed by atoms with van der Waals surface area (Å²) in [6.45, 7) is 4.20. The predicted octanol–water partition coefficient (Wildman–Crippen LogP) is 1.05. The molecule has 1 aromatic heterocycles. The van der Waals surface area contributed by atoms with Gasteiger partial charge in [0.2, 0.25) is 11.8 Å². The molecule has 0 N–H and O–H groups in total.